The van der Waals surface area contributed by atoms with Gasteiger partial charge in [-0.3, -0.25) is 0 Å². The molecule has 3 rings (SSSR count). The number of H-pyrrole nitrogens is 1. The summed E-state index contributed by atoms with van der Waals surface area (Å²) in [5, 5.41) is 0. The van der Waals surface area contributed by atoms with Crippen LogP contribution in [0.3, 0.4) is 0 Å². The van der Waals surface area contributed by atoms with Gasteiger partial charge in [0.25, 0.3) is 0 Å². The fourth-order valence-electron chi connectivity index (χ4n) is 2.80. The lowest BCUT2D eigenvalue weighted by atomic mass is 10.0. The van der Waals surface area contributed by atoms with Crippen LogP contribution in [0, 0.1) is 11.6 Å². The highest BCUT2D eigenvalue weighted by Crippen LogP contribution is 2.37. The van der Waals surface area contributed by atoms with E-state index in [0.29, 0.717) is 18.4 Å². The van der Waals surface area contributed by atoms with Crippen LogP contribution in [0.1, 0.15) is 5.82 Å². The minimum atomic E-state index is -5.00. The van der Waals surface area contributed by atoms with Crippen LogP contribution in [-0.4, -0.2) is 31.0 Å². The fourth-order valence-corrected chi connectivity index (χ4v) is 3.63. The summed E-state index contributed by atoms with van der Waals surface area (Å²) in [6, 6.07) is 4.54. The Bertz CT molecular complexity index is 1240. The lowest BCUT2D eigenvalue weighted by Crippen LogP contribution is -2.16. The Hall–Kier alpha value is -3.16. The number of benzene rings is 2. The number of aromatic nitrogens is 2. The molecule has 0 atom stereocenters. The molecule has 14 heteroatoms. The van der Waals surface area contributed by atoms with Crippen molar-refractivity contribution < 1.29 is 48.3 Å². The van der Waals surface area contributed by atoms with Crippen LogP contribution in [-0.2, 0) is 16.0 Å². The van der Waals surface area contributed by atoms with E-state index in [2.05, 4.69) is 9.72 Å². The van der Waals surface area contributed by atoms with Gasteiger partial charge in [0, 0.05) is 17.4 Å². The molecule has 5 nitrogen and oxygen atoms in total. The van der Waals surface area contributed by atoms with Crippen LogP contribution in [0.15, 0.2) is 41.3 Å². The number of hydrogen-bond acceptors (Lipinski definition) is 4. The molecule has 0 saturated carbocycles. The molecule has 0 spiro atoms. The average Bonchev–Trinajstić information content (AvgIpc) is 3.05. The number of sulfone groups is 1. The molecule has 0 unspecified atom stereocenters. The van der Waals surface area contributed by atoms with E-state index >= 15 is 0 Å². The highest BCUT2D eigenvalue weighted by atomic mass is 32.2. The van der Waals surface area contributed by atoms with E-state index in [-0.39, 0.29) is 5.56 Å². The molecule has 172 valence electrons. The number of nitrogens with one attached hydrogen (secondary N) is 1. The van der Waals surface area contributed by atoms with Gasteiger partial charge in [-0.15, -0.1) is 13.2 Å². The maximum Gasteiger partial charge on any atom is 0.573 e. The number of ether oxygens (including phenoxy) is 1. The second-order valence-corrected chi connectivity index (χ2v) is 8.37. The third-order valence-corrected chi connectivity index (χ3v) is 5.12. The highest BCUT2D eigenvalue weighted by Gasteiger charge is 2.37. The van der Waals surface area contributed by atoms with Gasteiger partial charge in [0.05, 0.1) is 11.4 Å². The topological polar surface area (TPSA) is 72.0 Å². The van der Waals surface area contributed by atoms with Gasteiger partial charge in [-0.25, -0.2) is 22.2 Å². The van der Waals surface area contributed by atoms with Gasteiger partial charge in [0.1, 0.15) is 22.3 Å². The normalized spacial score (nSPS) is 12.8. The first kappa shape index (κ1) is 23.5. The van der Waals surface area contributed by atoms with Gasteiger partial charge in [0.2, 0.25) is 5.82 Å². The maximum absolute atomic E-state index is 14.3. The van der Waals surface area contributed by atoms with Gasteiger partial charge in [-0.05, 0) is 36.4 Å². The average molecular weight is 486 g/mol. The van der Waals surface area contributed by atoms with Gasteiger partial charge in [-0.1, -0.05) is 0 Å². The molecule has 0 fully saturated rings. The fraction of sp³-hybridized carbons (Fsp3) is 0.167. The minimum absolute atomic E-state index is 0.120. The van der Waals surface area contributed by atoms with Crippen molar-refractivity contribution in [1.29, 1.82) is 0 Å². The van der Waals surface area contributed by atoms with Crippen molar-refractivity contribution in [2.24, 2.45) is 0 Å². The standard InChI is InChI=1S/C18H10F8N2O3S/c1-32(29,30)15-11(19)6-9(7-12(15)20)14-13(27-16(28-14)17(21,22)23)8-2-4-10(5-3-8)31-18(24,25)26/h2-7H,1H3,(H,27,28). The van der Waals surface area contributed by atoms with E-state index in [9.17, 15) is 43.5 Å². The summed E-state index contributed by atoms with van der Waals surface area (Å²) in [5.41, 5.74) is -1.70. The van der Waals surface area contributed by atoms with E-state index in [1.165, 1.54) is 0 Å². The van der Waals surface area contributed by atoms with Crippen molar-refractivity contribution in [1.82, 2.24) is 9.97 Å². The molecule has 0 aliphatic carbocycles. The monoisotopic (exact) mass is 486 g/mol. The van der Waals surface area contributed by atoms with Crippen LogP contribution in [0.5, 0.6) is 5.75 Å². The Labute approximate surface area is 174 Å². The smallest absolute Gasteiger partial charge is 0.406 e. The Morgan fingerprint density at radius 2 is 1.44 bits per heavy atom. The van der Waals surface area contributed by atoms with Crippen LogP contribution in [0.4, 0.5) is 35.1 Å². The number of alkyl halides is 6. The number of hydrogen-bond donors (Lipinski definition) is 1. The highest BCUT2D eigenvalue weighted by molar-refractivity contribution is 7.90. The Morgan fingerprint density at radius 3 is 1.88 bits per heavy atom. The van der Waals surface area contributed by atoms with Crippen molar-refractivity contribution >= 4 is 9.84 Å². The second-order valence-electron chi connectivity index (χ2n) is 6.42. The molecule has 0 saturated heterocycles. The molecule has 3 aromatic rings. The van der Waals surface area contributed by atoms with Crippen LogP contribution in [0.25, 0.3) is 22.5 Å². The van der Waals surface area contributed by atoms with Crippen molar-refractivity contribution in [2.45, 2.75) is 17.4 Å². The number of nitrogens with zero attached hydrogens (tertiary/aromatic N) is 1. The Kier molecular flexibility index (Phi) is 5.70. The second kappa shape index (κ2) is 7.76. The Balaban J connectivity index is 2.17. The molecule has 2 aromatic carbocycles. The summed E-state index contributed by atoms with van der Waals surface area (Å²) in [6.45, 7) is 0. The molecule has 0 radical (unpaired) electrons. The number of halogens is 8. The lowest BCUT2D eigenvalue weighted by Gasteiger charge is -2.10. The predicted octanol–water partition coefficient (Wildman–Crippen LogP) is 5.34. The van der Waals surface area contributed by atoms with Gasteiger partial charge < -0.3 is 9.72 Å². The van der Waals surface area contributed by atoms with Crippen molar-refractivity contribution in [3.63, 3.8) is 0 Å². The first-order valence-corrected chi connectivity index (χ1v) is 10.2. The molecule has 1 aromatic heterocycles. The lowest BCUT2D eigenvalue weighted by molar-refractivity contribution is -0.274. The third-order valence-electron chi connectivity index (χ3n) is 3.99. The van der Waals surface area contributed by atoms with Gasteiger partial charge in [-0.2, -0.15) is 13.2 Å². The first-order chi connectivity index (χ1) is 14.6. The summed E-state index contributed by atoms with van der Waals surface area (Å²) in [7, 11) is -4.33. The van der Waals surface area contributed by atoms with E-state index < -0.39 is 67.4 Å². The SMILES string of the molecule is CS(=O)(=O)c1c(F)cc(-c2nc(C(F)(F)F)[nH]c2-c2ccc(OC(F)(F)F)cc2)cc1F. The summed E-state index contributed by atoms with van der Waals surface area (Å²) in [4.78, 5) is 3.96. The van der Waals surface area contributed by atoms with E-state index in [1.54, 1.807) is 0 Å². The quantitative estimate of drug-likeness (QED) is 0.506. The van der Waals surface area contributed by atoms with Crippen molar-refractivity contribution in [3.8, 4) is 28.3 Å². The van der Waals surface area contributed by atoms with Gasteiger partial charge >= 0.3 is 12.5 Å². The summed E-state index contributed by atoms with van der Waals surface area (Å²) < 4.78 is 132. The largest absolute Gasteiger partial charge is 0.573 e. The van der Waals surface area contributed by atoms with Crippen LogP contribution >= 0.6 is 0 Å². The number of rotatable bonds is 4. The molecule has 32 heavy (non-hydrogen) atoms. The van der Waals surface area contributed by atoms with Crippen LogP contribution < -0.4 is 4.74 Å². The molecule has 1 N–H and O–H groups in total. The molecular formula is C18H10F8N2O3S. The number of imidazole rings is 1. The van der Waals surface area contributed by atoms with Crippen LogP contribution in [0.2, 0.25) is 0 Å². The van der Waals surface area contributed by atoms with E-state index in [0.717, 1.165) is 24.3 Å². The zero-order valence-corrected chi connectivity index (χ0v) is 16.4. The summed E-state index contributed by atoms with van der Waals surface area (Å²) in [6.07, 6.45) is -9.46. The first-order valence-electron chi connectivity index (χ1n) is 8.29. The molecule has 0 amide bonds. The van der Waals surface area contributed by atoms with E-state index in [1.807, 2.05) is 4.98 Å². The van der Waals surface area contributed by atoms with E-state index in [4.69, 9.17) is 0 Å². The molecule has 1 heterocycles. The minimum Gasteiger partial charge on any atom is -0.406 e. The summed E-state index contributed by atoms with van der Waals surface area (Å²) in [5.74, 6) is -5.32. The van der Waals surface area contributed by atoms with Crippen molar-refractivity contribution in [2.75, 3.05) is 6.26 Å². The molecule has 0 aliphatic rings. The zero-order chi connectivity index (χ0) is 24.1. The maximum atomic E-state index is 14.3. The predicted molar refractivity (Wildman–Crippen MR) is 94.2 cm³/mol. The zero-order valence-electron chi connectivity index (χ0n) is 15.6. The summed E-state index contributed by atoms with van der Waals surface area (Å²) >= 11 is 0. The number of aromatic amines is 1. The van der Waals surface area contributed by atoms with Crippen molar-refractivity contribution in [3.05, 3.63) is 53.9 Å². The molecule has 0 aliphatic heterocycles. The van der Waals surface area contributed by atoms with Gasteiger partial charge in [0.15, 0.2) is 9.84 Å². The molecule has 0 bridgehead atoms. The molecular weight excluding hydrogens is 476 g/mol. The third kappa shape index (κ3) is 5.00. The Morgan fingerprint density at radius 1 is 0.906 bits per heavy atom.